The molecule has 3 nitrogen and oxygen atoms in total. The number of aliphatic hydroxyl groups is 1. The van der Waals surface area contributed by atoms with Crippen LogP contribution in [0.1, 0.15) is 50.2 Å². The van der Waals surface area contributed by atoms with Crippen molar-refractivity contribution in [3.05, 3.63) is 23.3 Å². The summed E-state index contributed by atoms with van der Waals surface area (Å²) in [4.78, 5) is 0. The number of anilines is 1. The summed E-state index contributed by atoms with van der Waals surface area (Å²) < 4.78 is 45.5. The lowest BCUT2D eigenvalue weighted by Gasteiger charge is -2.32. The molecule has 0 heterocycles. The quantitative estimate of drug-likeness (QED) is 0.582. The van der Waals surface area contributed by atoms with E-state index in [0.29, 0.717) is 17.7 Å². The van der Waals surface area contributed by atoms with Crippen LogP contribution in [-0.2, 0) is 5.60 Å². The molecule has 0 aromatic heterocycles. The van der Waals surface area contributed by atoms with Crippen LogP contribution in [0.2, 0.25) is 0 Å². The van der Waals surface area contributed by atoms with Gasteiger partial charge in [0.1, 0.15) is 5.75 Å². The average molecular weight is 319 g/mol. The summed E-state index contributed by atoms with van der Waals surface area (Å²) in [7, 11) is 1.27. The second-order valence-electron chi connectivity index (χ2n) is 5.58. The minimum Gasteiger partial charge on any atom is -0.496 e. The fourth-order valence-electron chi connectivity index (χ4n) is 2.43. The van der Waals surface area contributed by atoms with E-state index in [1.807, 2.05) is 6.92 Å². The molecule has 0 amide bonds. The van der Waals surface area contributed by atoms with Crippen LogP contribution in [0.25, 0.3) is 0 Å². The van der Waals surface area contributed by atoms with Gasteiger partial charge in [-0.2, -0.15) is 13.2 Å². The zero-order valence-electron chi connectivity index (χ0n) is 13.3. The molecule has 1 aromatic rings. The summed E-state index contributed by atoms with van der Waals surface area (Å²) >= 11 is 0. The van der Waals surface area contributed by atoms with Crippen molar-refractivity contribution in [2.45, 2.75) is 57.7 Å². The molecule has 0 aliphatic rings. The standard InChI is InChI=1S/C16H24F3NO2/c1-4-5-6-7-8-15(21,16(17,18)19)12-9-11(2)13(20)10-14(12)22-3/h9-10,21H,4-8,20H2,1-3H3. The van der Waals surface area contributed by atoms with E-state index >= 15 is 0 Å². The van der Waals surface area contributed by atoms with Gasteiger partial charge >= 0.3 is 6.18 Å². The van der Waals surface area contributed by atoms with Crippen molar-refractivity contribution in [1.29, 1.82) is 0 Å². The normalized spacial score (nSPS) is 14.7. The number of aryl methyl sites for hydroxylation is 1. The van der Waals surface area contributed by atoms with Gasteiger partial charge in [0.15, 0.2) is 5.60 Å². The minimum atomic E-state index is -4.78. The highest BCUT2D eigenvalue weighted by atomic mass is 19.4. The number of alkyl halides is 3. The summed E-state index contributed by atoms with van der Waals surface area (Å²) in [6.07, 6.45) is -2.49. The fourth-order valence-corrected chi connectivity index (χ4v) is 2.43. The Hall–Kier alpha value is -1.43. The molecule has 0 aliphatic heterocycles. The number of benzene rings is 1. The SMILES string of the molecule is CCCCCCC(O)(c1cc(C)c(N)cc1OC)C(F)(F)F. The largest absolute Gasteiger partial charge is 0.496 e. The Bertz CT molecular complexity index is 503. The van der Waals surface area contributed by atoms with Crippen LogP contribution in [0.5, 0.6) is 5.75 Å². The summed E-state index contributed by atoms with van der Waals surface area (Å²) in [6, 6.07) is 2.59. The van der Waals surface area contributed by atoms with Crippen molar-refractivity contribution in [3.8, 4) is 5.75 Å². The zero-order chi connectivity index (χ0) is 17.0. The average Bonchev–Trinajstić information content (AvgIpc) is 2.44. The first-order valence-corrected chi connectivity index (χ1v) is 7.41. The Balaban J connectivity index is 3.25. The van der Waals surface area contributed by atoms with Crippen LogP contribution in [0.4, 0.5) is 18.9 Å². The molecule has 0 radical (unpaired) electrons. The predicted octanol–water partition coefficient (Wildman–Crippen LogP) is 4.31. The summed E-state index contributed by atoms with van der Waals surface area (Å²) in [5, 5.41) is 10.4. The van der Waals surface area contributed by atoms with E-state index < -0.39 is 18.2 Å². The second-order valence-corrected chi connectivity index (χ2v) is 5.58. The van der Waals surface area contributed by atoms with Gasteiger partial charge in [0.25, 0.3) is 0 Å². The predicted molar refractivity (Wildman–Crippen MR) is 80.9 cm³/mol. The summed E-state index contributed by atoms with van der Waals surface area (Å²) in [5.41, 5.74) is 3.32. The zero-order valence-corrected chi connectivity index (χ0v) is 13.3. The first-order chi connectivity index (χ1) is 10.2. The lowest BCUT2D eigenvalue weighted by molar-refractivity contribution is -0.270. The minimum absolute atomic E-state index is 0.0431. The molecule has 0 bridgehead atoms. The number of unbranched alkanes of at least 4 members (excludes halogenated alkanes) is 3. The molecule has 3 N–H and O–H groups in total. The van der Waals surface area contributed by atoms with Crippen molar-refractivity contribution in [3.63, 3.8) is 0 Å². The molecule has 1 rings (SSSR count). The topological polar surface area (TPSA) is 55.5 Å². The maximum atomic E-state index is 13.5. The van der Waals surface area contributed by atoms with Gasteiger partial charge in [0.05, 0.1) is 7.11 Å². The van der Waals surface area contributed by atoms with Crippen LogP contribution in [0, 0.1) is 6.92 Å². The molecule has 22 heavy (non-hydrogen) atoms. The molecule has 0 spiro atoms. The maximum absolute atomic E-state index is 13.5. The van der Waals surface area contributed by atoms with Crippen molar-refractivity contribution >= 4 is 5.69 Å². The molecule has 0 fully saturated rings. The number of rotatable bonds is 7. The summed E-state index contributed by atoms with van der Waals surface area (Å²) in [6.45, 7) is 3.58. The Morgan fingerprint density at radius 1 is 1.18 bits per heavy atom. The van der Waals surface area contributed by atoms with Gasteiger partial charge in [-0.3, -0.25) is 0 Å². The Morgan fingerprint density at radius 3 is 2.32 bits per heavy atom. The van der Waals surface area contributed by atoms with Crippen molar-refractivity contribution in [2.75, 3.05) is 12.8 Å². The number of halogens is 3. The number of nitrogen functional groups attached to an aromatic ring is 1. The Morgan fingerprint density at radius 2 is 1.82 bits per heavy atom. The van der Waals surface area contributed by atoms with Crippen LogP contribution in [-0.4, -0.2) is 18.4 Å². The number of ether oxygens (including phenoxy) is 1. The van der Waals surface area contributed by atoms with Crippen LogP contribution < -0.4 is 10.5 Å². The monoisotopic (exact) mass is 319 g/mol. The molecule has 126 valence electrons. The molecule has 1 aromatic carbocycles. The third-order valence-electron chi connectivity index (χ3n) is 3.89. The third-order valence-corrected chi connectivity index (χ3v) is 3.89. The van der Waals surface area contributed by atoms with E-state index in [1.165, 1.54) is 19.2 Å². The maximum Gasteiger partial charge on any atom is 0.421 e. The molecule has 0 saturated heterocycles. The molecule has 0 saturated carbocycles. The number of methoxy groups -OCH3 is 1. The van der Waals surface area contributed by atoms with Gasteiger partial charge in [0.2, 0.25) is 0 Å². The number of hydrogen-bond acceptors (Lipinski definition) is 3. The van der Waals surface area contributed by atoms with Crippen LogP contribution in [0.15, 0.2) is 12.1 Å². The van der Waals surface area contributed by atoms with Crippen molar-refractivity contribution < 1.29 is 23.0 Å². The first-order valence-electron chi connectivity index (χ1n) is 7.41. The molecule has 0 aliphatic carbocycles. The van der Waals surface area contributed by atoms with Gasteiger partial charge in [-0.25, -0.2) is 0 Å². The number of nitrogens with two attached hydrogens (primary N) is 1. The van der Waals surface area contributed by atoms with Gasteiger partial charge in [0, 0.05) is 17.3 Å². The molecule has 1 atom stereocenters. The third kappa shape index (κ3) is 3.85. The van der Waals surface area contributed by atoms with E-state index in [0.717, 1.165) is 12.8 Å². The second kappa shape index (κ2) is 7.22. The van der Waals surface area contributed by atoms with Gasteiger partial charge in [-0.05, 0) is 31.4 Å². The van der Waals surface area contributed by atoms with Gasteiger partial charge in [-0.15, -0.1) is 0 Å². The van der Waals surface area contributed by atoms with E-state index in [9.17, 15) is 18.3 Å². The molecular formula is C16H24F3NO2. The lowest BCUT2D eigenvalue weighted by atomic mass is 9.85. The highest BCUT2D eigenvalue weighted by Gasteiger charge is 2.55. The highest BCUT2D eigenvalue weighted by molar-refractivity contribution is 5.56. The Labute approximate surface area is 129 Å². The molecular weight excluding hydrogens is 295 g/mol. The molecule has 1 unspecified atom stereocenters. The van der Waals surface area contributed by atoms with E-state index in [4.69, 9.17) is 10.5 Å². The van der Waals surface area contributed by atoms with E-state index in [-0.39, 0.29) is 17.7 Å². The van der Waals surface area contributed by atoms with Gasteiger partial charge in [-0.1, -0.05) is 26.2 Å². The lowest BCUT2D eigenvalue weighted by Crippen LogP contribution is -2.42. The Kier molecular flexibility index (Phi) is 6.11. The number of hydrogen-bond donors (Lipinski definition) is 2. The molecule has 6 heteroatoms. The van der Waals surface area contributed by atoms with Crippen molar-refractivity contribution in [2.24, 2.45) is 0 Å². The fraction of sp³-hybridized carbons (Fsp3) is 0.625. The van der Waals surface area contributed by atoms with Gasteiger partial charge < -0.3 is 15.6 Å². The highest BCUT2D eigenvalue weighted by Crippen LogP contribution is 2.47. The van der Waals surface area contributed by atoms with E-state index in [1.54, 1.807) is 6.92 Å². The van der Waals surface area contributed by atoms with Crippen molar-refractivity contribution in [1.82, 2.24) is 0 Å². The van der Waals surface area contributed by atoms with E-state index in [2.05, 4.69) is 0 Å². The first kappa shape index (κ1) is 18.6. The summed E-state index contributed by atoms with van der Waals surface area (Å²) in [5.74, 6) is -0.0431. The smallest absolute Gasteiger partial charge is 0.421 e. The van der Waals surface area contributed by atoms with Crippen LogP contribution in [0.3, 0.4) is 0 Å². The van der Waals surface area contributed by atoms with Crippen LogP contribution >= 0.6 is 0 Å².